The van der Waals surface area contributed by atoms with Crippen molar-refractivity contribution in [3.8, 4) is 11.5 Å². The molecule has 166 valence electrons. The van der Waals surface area contributed by atoms with Crippen molar-refractivity contribution in [1.82, 2.24) is 4.90 Å². The first kappa shape index (κ1) is 22.5. The van der Waals surface area contributed by atoms with Crippen molar-refractivity contribution in [3.05, 3.63) is 45.8 Å². The Morgan fingerprint density at radius 1 is 1.16 bits per heavy atom. The van der Waals surface area contributed by atoms with Gasteiger partial charge in [0.15, 0.2) is 11.5 Å². The summed E-state index contributed by atoms with van der Waals surface area (Å²) in [5, 5.41) is 9.82. The Kier molecular flexibility index (Phi) is 6.49. The number of ether oxygens (including phenoxy) is 3. The first-order valence-electron chi connectivity index (χ1n) is 9.72. The second-order valence-corrected chi connectivity index (χ2v) is 8.09. The largest absolute Gasteiger partial charge is 0.504 e. The highest BCUT2D eigenvalue weighted by Crippen LogP contribution is 2.50. The summed E-state index contributed by atoms with van der Waals surface area (Å²) in [6.45, 7) is 5.17. The molecule has 1 saturated heterocycles. The lowest BCUT2D eigenvalue weighted by atomic mass is 9.82. The van der Waals surface area contributed by atoms with Gasteiger partial charge in [-0.2, -0.15) is 0 Å². The van der Waals surface area contributed by atoms with E-state index in [-0.39, 0.29) is 47.6 Å². The normalized spacial score (nSPS) is 20.6. The average molecular weight is 448 g/mol. The molecule has 0 saturated carbocycles. The predicted octanol–water partition coefficient (Wildman–Crippen LogP) is 1.97. The number of thioether (sulfide) groups is 1. The van der Waals surface area contributed by atoms with Crippen molar-refractivity contribution in [2.45, 2.75) is 31.9 Å². The number of phenols is 1. The third-order valence-electron chi connectivity index (χ3n) is 4.91. The van der Waals surface area contributed by atoms with E-state index in [0.717, 1.165) is 0 Å². The Labute approximate surface area is 183 Å². The summed E-state index contributed by atoms with van der Waals surface area (Å²) in [5.41, 5.74) is 6.82. The van der Waals surface area contributed by atoms with Gasteiger partial charge in [-0.25, -0.2) is 9.59 Å². The topological polar surface area (TPSA) is 128 Å². The molecule has 2 aliphatic heterocycles. The maximum atomic E-state index is 13.1. The molecule has 0 spiro atoms. The van der Waals surface area contributed by atoms with E-state index in [4.69, 9.17) is 19.9 Å². The van der Waals surface area contributed by atoms with E-state index in [0.29, 0.717) is 10.6 Å². The molecule has 0 radical (unpaired) electrons. The Bertz CT molecular complexity index is 1000. The molecular weight excluding hydrogens is 424 g/mol. The Balaban J connectivity index is 2.32. The van der Waals surface area contributed by atoms with Crippen molar-refractivity contribution in [3.63, 3.8) is 0 Å². The number of fused-ring (bicyclic) bond motifs is 1. The minimum atomic E-state index is -0.982. The molecule has 1 amide bonds. The van der Waals surface area contributed by atoms with E-state index in [1.54, 1.807) is 26.8 Å². The zero-order valence-corrected chi connectivity index (χ0v) is 18.4. The number of nitrogens with two attached hydrogens (primary N) is 1. The number of aromatic hydroxyl groups is 1. The molecule has 0 aliphatic carbocycles. The van der Waals surface area contributed by atoms with Crippen molar-refractivity contribution in [1.29, 1.82) is 0 Å². The third kappa shape index (κ3) is 3.83. The maximum absolute atomic E-state index is 13.1. The molecule has 3 rings (SSSR count). The second kappa shape index (κ2) is 8.93. The SMILES string of the molecule is CCOC(=O)C1=C(N)N2C(=O)C(C)SC2=C(C(=O)OCC)C1c1ccc(O)c(OC)c1. The second-order valence-electron chi connectivity index (χ2n) is 6.76. The van der Waals surface area contributed by atoms with E-state index in [2.05, 4.69) is 0 Å². The molecule has 10 heteroatoms. The van der Waals surface area contributed by atoms with E-state index < -0.39 is 23.1 Å². The van der Waals surface area contributed by atoms with Crippen LogP contribution in [0.4, 0.5) is 0 Å². The number of esters is 2. The van der Waals surface area contributed by atoms with Gasteiger partial charge in [0.1, 0.15) is 5.82 Å². The van der Waals surface area contributed by atoms with Crippen LogP contribution in [0.15, 0.2) is 40.2 Å². The van der Waals surface area contributed by atoms with Gasteiger partial charge in [0.2, 0.25) is 5.91 Å². The van der Waals surface area contributed by atoms with Crippen molar-refractivity contribution in [2.75, 3.05) is 20.3 Å². The molecule has 0 bridgehead atoms. The van der Waals surface area contributed by atoms with Crippen LogP contribution in [0, 0.1) is 0 Å². The number of methoxy groups -OCH3 is 1. The standard InChI is InChI=1S/C21H24N2O7S/c1-5-29-20(26)15-14(11-7-8-12(24)13(9-11)28-4)16(21(27)30-6-2)19-23(17(15)22)18(25)10(3)31-19/h7-10,14,24H,5-6,22H2,1-4H3. The van der Waals surface area contributed by atoms with E-state index in [1.807, 2.05) is 0 Å². The molecule has 1 fully saturated rings. The fraction of sp³-hybridized carbons (Fsp3) is 0.381. The lowest BCUT2D eigenvalue weighted by Crippen LogP contribution is -2.40. The van der Waals surface area contributed by atoms with Crippen LogP contribution in [0.5, 0.6) is 11.5 Å². The van der Waals surface area contributed by atoms with Gasteiger partial charge in [0.05, 0.1) is 47.7 Å². The fourth-order valence-electron chi connectivity index (χ4n) is 3.55. The van der Waals surface area contributed by atoms with Crippen LogP contribution in [0.2, 0.25) is 0 Å². The summed E-state index contributed by atoms with van der Waals surface area (Å²) in [7, 11) is 1.38. The van der Waals surface area contributed by atoms with Crippen LogP contribution in [-0.2, 0) is 23.9 Å². The smallest absolute Gasteiger partial charge is 0.338 e. The molecule has 2 unspecified atom stereocenters. The quantitative estimate of drug-likeness (QED) is 0.628. The summed E-state index contributed by atoms with van der Waals surface area (Å²) >= 11 is 1.17. The summed E-state index contributed by atoms with van der Waals surface area (Å²) in [6, 6.07) is 4.45. The summed E-state index contributed by atoms with van der Waals surface area (Å²) in [5.74, 6) is -2.81. The zero-order valence-electron chi connectivity index (χ0n) is 17.6. The predicted molar refractivity (Wildman–Crippen MR) is 113 cm³/mol. The first-order valence-corrected chi connectivity index (χ1v) is 10.6. The highest BCUT2D eigenvalue weighted by atomic mass is 32.2. The van der Waals surface area contributed by atoms with Crippen LogP contribution in [0.25, 0.3) is 0 Å². The fourth-order valence-corrected chi connectivity index (χ4v) is 4.72. The Morgan fingerprint density at radius 3 is 2.35 bits per heavy atom. The van der Waals surface area contributed by atoms with E-state index in [9.17, 15) is 19.5 Å². The lowest BCUT2D eigenvalue weighted by Gasteiger charge is -2.33. The molecule has 31 heavy (non-hydrogen) atoms. The number of hydrogen-bond acceptors (Lipinski definition) is 9. The van der Waals surface area contributed by atoms with Crippen molar-refractivity contribution >= 4 is 29.6 Å². The number of nitrogens with zero attached hydrogens (tertiary/aromatic N) is 1. The highest BCUT2D eigenvalue weighted by molar-refractivity contribution is 8.04. The number of carbonyl (C=O) groups excluding carboxylic acids is 3. The zero-order chi connectivity index (χ0) is 22.9. The molecular formula is C21H24N2O7S. The van der Waals surface area contributed by atoms with Gasteiger partial charge in [0.25, 0.3) is 0 Å². The molecule has 0 aromatic heterocycles. The molecule has 1 aromatic rings. The Morgan fingerprint density at radius 2 is 1.77 bits per heavy atom. The van der Waals surface area contributed by atoms with Crippen LogP contribution in [0.3, 0.4) is 0 Å². The van der Waals surface area contributed by atoms with Crippen LogP contribution >= 0.6 is 11.8 Å². The number of carbonyl (C=O) groups is 3. The van der Waals surface area contributed by atoms with Gasteiger partial charge in [-0.1, -0.05) is 17.8 Å². The van der Waals surface area contributed by atoms with E-state index >= 15 is 0 Å². The summed E-state index contributed by atoms with van der Waals surface area (Å²) in [6.07, 6.45) is 0. The van der Waals surface area contributed by atoms with Gasteiger partial charge >= 0.3 is 11.9 Å². The number of benzene rings is 1. The maximum Gasteiger partial charge on any atom is 0.338 e. The number of phenolic OH excluding ortho intramolecular Hbond substituents is 1. The average Bonchev–Trinajstić information content (AvgIpc) is 3.03. The van der Waals surface area contributed by atoms with Crippen molar-refractivity contribution < 1.29 is 33.7 Å². The number of amides is 1. The number of rotatable bonds is 6. The van der Waals surface area contributed by atoms with Gasteiger partial charge in [-0.3, -0.25) is 9.69 Å². The third-order valence-corrected chi connectivity index (χ3v) is 6.09. The molecule has 3 N–H and O–H groups in total. The van der Waals surface area contributed by atoms with Crippen molar-refractivity contribution in [2.24, 2.45) is 5.73 Å². The summed E-state index contributed by atoms with van der Waals surface area (Å²) < 4.78 is 15.7. The summed E-state index contributed by atoms with van der Waals surface area (Å²) in [4.78, 5) is 40.0. The molecule has 2 aliphatic rings. The minimum Gasteiger partial charge on any atom is -0.504 e. The monoisotopic (exact) mass is 448 g/mol. The molecule has 2 atom stereocenters. The van der Waals surface area contributed by atoms with Gasteiger partial charge in [-0.05, 0) is 38.5 Å². The lowest BCUT2D eigenvalue weighted by molar-refractivity contribution is -0.139. The Hall–Kier alpha value is -3.14. The van der Waals surface area contributed by atoms with Crippen LogP contribution in [0.1, 0.15) is 32.3 Å². The molecule has 2 heterocycles. The highest BCUT2D eigenvalue weighted by Gasteiger charge is 2.49. The minimum absolute atomic E-state index is 0.0514. The van der Waals surface area contributed by atoms with Gasteiger partial charge < -0.3 is 25.1 Å². The van der Waals surface area contributed by atoms with E-state index in [1.165, 1.54) is 35.9 Å². The first-order chi connectivity index (χ1) is 14.8. The van der Waals surface area contributed by atoms with Gasteiger partial charge in [0, 0.05) is 0 Å². The van der Waals surface area contributed by atoms with Crippen LogP contribution < -0.4 is 10.5 Å². The van der Waals surface area contributed by atoms with Crippen LogP contribution in [-0.4, -0.2) is 53.4 Å². The number of hydrogen-bond donors (Lipinski definition) is 2. The molecule has 1 aromatic carbocycles. The molecule has 9 nitrogen and oxygen atoms in total. The van der Waals surface area contributed by atoms with Gasteiger partial charge in [-0.15, -0.1) is 0 Å².